The number of hydrogen-bond donors (Lipinski definition) is 2. The second kappa shape index (κ2) is 5.82. The molecule has 1 unspecified atom stereocenters. The predicted octanol–water partition coefficient (Wildman–Crippen LogP) is 1.24. The van der Waals surface area contributed by atoms with E-state index in [2.05, 4.69) is 24.3 Å². The summed E-state index contributed by atoms with van der Waals surface area (Å²) in [4.78, 5) is 11.4. The summed E-state index contributed by atoms with van der Waals surface area (Å²) in [6.07, 6.45) is 3.57. The van der Waals surface area contributed by atoms with Crippen molar-refractivity contribution in [3.8, 4) is 0 Å². The molecule has 3 N–H and O–H groups in total. The highest BCUT2D eigenvalue weighted by Gasteiger charge is 2.19. The molecule has 1 aromatic rings. The number of primary amides is 1. The molecule has 0 fully saturated rings. The van der Waals surface area contributed by atoms with Gasteiger partial charge in [-0.15, -0.1) is 0 Å². The van der Waals surface area contributed by atoms with Gasteiger partial charge in [0.2, 0.25) is 5.91 Å². The predicted molar refractivity (Wildman–Crippen MR) is 67.4 cm³/mol. The molecule has 0 aromatic carbocycles. The standard InChI is InChI=1S/C12H22N4O/c1-8(2)5-14-11(12(13)17)10-6-15-16(7-10)9(3)4/h6-9,11,14H,5H2,1-4H3,(H2,13,17). The molecule has 0 saturated heterocycles. The fourth-order valence-corrected chi connectivity index (χ4v) is 1.52. The Bertz CT molecular complexity index is 370. The average molecular weight is 238 g/mol. The molecule has 0 spiro atoms. The lowest BCUT2D eigenvalue weighted by Gasteiger charge is -2.15. The summed E-state index contributed by atoms with van der Waals surface area (Å²) in [5, 5.41) is 7.37. The zero-order chi connectivity index (χ0) is 13.0. The summed E-state index contributed by atoms with van der Waals surface area (Å²) in [5.41, 5.74) is 6.23. The van der Waals surface area contributed by atoms with Crippen molar-refractivity contribution in [2.45, 2.75) is 39.8 Å². The molecule has 0 aliphatic rings. The maximum absolute atomic E-state index is 11.4. The molecule has 1 atom stereocenters. The van der Waals surface area contributed by atoms with E-state index < -0.39 is 6.04 Å². The van der Waals surface area contributed by atoms with Crippen LogP contribution in [0.25, 0.3) is 0 Å². The normalized spacial score (nSPS) is 13.3. The Labute approximate surface area is 102 Å². The summed E-state index contributed by atoms with van der Waals surface area (Å²) in [5.74, 6) is 0.103. The minimum absolute atomic E-state index is 0.280. The molecule has 0 bridgehead atoms. The molecular formula is C12H22N4O. The lowest BCUT2D eigenvalue weighted by Crippen LogP contribution is -2.35. The van der Waals surface area contributed by atoms with Gasteiger partial charge in [-0.2, -0.15) is 5.10 Å². The number of nitrogens with one attached hydrogen (secondary N) is 1. The second-order valence-electron chi connectivity index (χ2n) is 4.98. The molecule has 0 aliphatic carbocycles. The van der Waals surface area contributed by atoms with Crippen molar-refractivity contribution in [1.82, 2.24) is 15.1 Å². The van der Waals surface area contributed by atoms with Gasteiger partial charge in [0.15, 0.2) is 0 Å². The molecule has 0 radical (unpaired) electrons. The molecule has 96 valence electrons. The third kappa shape index (κ3) is 3.85. The molecule has 1 amide bonds. The molecule has 1 rings (SSSR count). The van der Waals surface area contributed by atoms with E-state index >= 15 is 0 Å². The Kier molecular flexibility index (Phi) is 4.69. The topological polar surface area (TPSA) is 72.9 Å². The fraction of sp³-hybridized carbons (Fsp3) is 0.667. The van der Waals surface area contributed by atoms with Gasteiger partial charge in [-0.3, -0.25) is 9.48 Å². The van der Waals surface area contributed by atoms with Crippen LogP contribution in [0.15, 0.2) is 12.4 Å². The first-order valence-electron chi connectivity index (χ1n) is 5.98. The Morgan fingerprint density at radius 3 is 2.53 bits per heavy atom. The van der Waals surface area contributed by atoms with Crippen LogP contribution in [0, 0.1) is 5.92 Å². The minimum atomic E-state index is -0.454. The lowest BCUT2D eigenvalue weighted by atomic mass is 10.1. The maximum Gasteiger partial charge on any atom is 0.239 e. The van der Waals surface area contributed by atoms with E-state index in [9.17, 15) is 4.79 Å². The SMILES string of the molecule is CC(C)CNC(C(N)=O)c1cnn(C(C)C)c1. The molecule has 17 heavy (non-hydrogen) atoms. The first-order chi connectivity index (χ1) is 7.91. The lowest BCUT2D eigenvalue weighted by molar-refractivity contribution is -0.120. The van der Waals surface area contributed by atoms with Gasteiger partial charge in [0.25, 0.3) is 0 Å². The van der Waals surface area contributed by atoms with Crippen molar-refractivity contribution in [3.05, 3.63) is 18.0 Å². The van der Waals surface area contributed by atoms with Crippen LogP contribution in [-0.2, 0) is 4.79 Å². The van der Waals surface area contributed by atoms with Crippen LogP contribution in [0.4, 0.5) is 0 Å². The van der Waals surface area contributed by atoms with Crippen LogP contribution in [0.3, 0.4) is 0 Å². The van der Waals surface area contributed by atoms with Gasteiger partial charge in [-0.05, 0) is 26.3 Å². The van der Waals surface area contributed by atoms with E-state index in [1.165, 1.54) is 0 Å². The van der Waals surface area contributed by atoms with E-state index in [1.807, 2.05) is 24.7 Å². The van der Waals surface area contributed by atoms with E-state index in [-0.39, 0.29) is 11.9 Å². The zero-order valence-corrected chi connectivity index (χ0v) is 11.0. The first-order valence-corrected chi connectivity index (χ1v) is 5.98. The first kappa shape index (κ1) is 13.7. The van der Waals surface area contributed by atoms with Crippen LogP contribution < -0.4 is 11.1 Å². The van der Waals surface area contributed by atoms with Crippen LogP contribution in [-0.4, -0.2) is 22.2 Å². The molecule has 5 nitrogen and oxygen atoms in total. The van der Waals surface area contributed by atoms with Crippen molar-refractivity contribution in [2.75, 3.05) is 6.54 Å². The van der Waals surface area contributed by atoms with Crippen molar-refractivity contribution in [2.24, 2.45) is 11.7 Å². The van der Waals surface area contributed by atoms with Gasteiger partial charge in [-0.1, -0.05) is 13.8 Å². The summed E-state index contributed by atoms with van der Waals surface area (Å²) >= 11 is 0. The number of carbonyl (C=O) groups is 1. The van der Waals surface area contributed by atoms with E-state index in [1.54, 1.807) is 6.20 Å². The van der Waals surface area contributed by atoms with Crippen molar-refractivity contribution >= 4 is 5.91 Å². The van der Waals surface area contributed by atoms with Gasteiger partial charge in [-0.25, -0.2) is 0 Å². The molecule has 5 heteroatoms. The van der Waals surface area contributed by atoms with Crippen LogP contribution >= 0.6 is 0 Å². The Balaban J connectivity index is 2.78. The van der Waals surface area contributed by atoms with Crippen LogP contribution in [0.5, 0.6) is 0 Å². The number of amides is 1. The smallest absolute Gasteiger partial charge is 0.239 e. The van der Waals surface area contributed by atoms with E-state index in [4.69, 9.17) is 5.73 Å². The summed E-state index contributed by atoms with van der Waals surface area (Å²) < 4.78 is 1.82. The Hall–Kier alpha value is -1.36. The van der Waals surface area contributed by atoms with Gasteiger partial charge in [0, 0.05) is 17.8 Å². The van der Waals surface area contributed by atoms with E-state index in [0.29, 0.717) is 5.92 Å². The minimum Gasteiger partial charge on any atom is -0.368 e. The number of aromatic nitrogens is 2. The summed E-state index contributed by atoms with van der Waals surface area (Å²) in [7, 11) is 0. The average Bonchev–Trinajstić information content (AvgIpc) is 2.66. The second-order valence-corrected chi connectivity index (χ2v) is 4.98. The molecule has 0 saturated carbocycles. The number of hydrogen-bond acceptors (Lipinski definition) is 3. The summed E-state index contributed by atoms with van der Waals surface area (Å²) in [6, 6.07) is -0.174. The van der Waals surface area contributed by atoms with Crippen LogP contribution in [0.2, 0.25) is 0 Å². The molecular weight excluding hydrogens is 216 g/mol. The highest BCUT2D eigenvalue weighted by Crippen LogP contribution is 2.14. The van der Waals surface area contributed by atoms with Gasteiger partial charge in [0.05, 0.1) is 6.20 Å². The number of nitrogens with zero attached hydrogens (tertiary/aromatic N) is 2. The third-order valence-electron chi connectivity index (χ3n) is 2.50. The van der Waals surface area contributed by atoms with Gasteiger partial charge >= 0.3 is 0 Å². The molecule has 1 heterocycles. The van der Waals surface area contributed by atoms with Crippen LogP contribution in [0.1, 0.15) is 45.3 Å². The third-order valence-corrected chi connectivity index (χ3v) is 2.50. The number of nitrogens with two attached hydrogens (primary N) is 1. The van der Waals surface area contributed by atoms with Gasteiger partial charge in [0.1, 0.15) is 6.04 Å². The largest absolute Gasteiger partial charge is 0.368 e. The quantitative estimate of drug-likeness (QED) is 0.783. The van der Waals surface area contributed by atoms with Gasteiger partial charge < -0.3 is 11.1 Å². The van der Waals surface area contributed by atoms with Crippen molar-refractivity contribution < 1.29 is 4.79 Å². The molecule has 0 aliphatic heterocycles. The summed E-state index contributed by atoms with van der Waals surface area (Å²) in [6.45, 7) is 9.00. The maximum atomic E-state index is 11.4. The molecule has 1 aromatic heterocycles. The number of carbonyl (C=O) groups excluding carboxylic acids is 1. The van der Waals surface area contributed by atoms with Crippen molar-refractivity contribution in [1.29, 1.82) is 0 Å². The van der Waals surface area contributed by atoms with Crippen molar-refractivity contribution in [3.63, 3.8) is 0 Å². The highest BCUT2D eigenvalue weighted by molar-refractivity contribution is 5.81. The highest BCUT2D eigenvalue weighted by atomic mass is 16.1. The Morgan fingerprint density at radius 2 is 2.12 bits per heavy atom. The number of rotatable bonds is 6. The van der Waals surface area contributed by atoms with E-state index in [0.717, 1.165) is 12.1 Å². The monoisotopic (exact) mass is 238 g/mol. The zero-order valence-electron chi connectivity index (χ0n) is 11.0. The Morgan fingerprint density at radius 1 is 1.47 bits per heavy atom. The fourth-order valence-electron chi connectivity index (χ4n) is 1.52.